The fraction of sp³-hybridized carbons (Fsp3) is 0.591. The monoisotopic (exact) mass is 406 g/mol. The molecule has 1 aromatic rings. The van der Waals surface area contributed by atoms with E-state index in [2.05, 4.69) is 13.1 Å². The molecule has 1 atom stereocenters. The zero-order chi connectivity index (χ0) is 21.3. The Morgan fingerprint density at radius 1 is 0.893 bits per heavy atom. The van der Waals surface area contributed by atoms with Crippen molar-refractivity contribution in [3.63, 3.8) is 0 Å². The SMILES string of the molecule is CCOC(=O)C(C(=O)OCC)[C@H](CC(=O)CC(C)C)[Si](C)(C)c1ccccc1. The third-order valence-electron chi connectivity index (χ3n) is 5.01. The molecule has 0 fully saturated rings. The minimum absolute atomic E-state index is 0.0649. The van der Waals surface area contributed by atoms with E-state index >= 15 is 0 Å². The average molecular weight is 407 g/mol. The summed E-state index contributed by atoms with van der Waals surface area (Å²) in [6.07, 6.45) is 0.600. The van der Waals surface area contributed by atoms with E-state index in [0.717, 1.165) is 5.19 Å². The van der Waals surface area contributed by atoms with Gasteiger partial charge in [-0.2, -0.15) is 0 Å². The lowest BCUT2D eigenvalue weighted by Gasteiger charge is -2.36. The summed E-state index contributed by atoms with van der Waals surface area (Å²) in [4.78, 5) is 38.3. The maximum absolute atomic E-state index is 12.8. The van der Waals surface area contributed by atoms with Crippen LogP contribution in [0.5, 0.6) is 0 Å². The molecule has 0 spiro atoms. The number of carbonyl (C=O) groups excluding carboxylic acids is 3. The number of ether oxygens (including phenoxy) is 2. The standard InChI is InChI=1S/C22H34O5Si/c1-7-26-21(24)20(22(25)27-8-2)19(15-17(23)14-16(3)4)28(5,6)18-12-10-9-11-13-18/h9-13,16,19-20H,7-8,14-15H2,1-6H3/t19-/m0/s1. The first-order valence-corrected chi connectivity index (χ1v) is 13.1. The molecule has 0 aliphatic heterocycles. The minimum atomic E-state index is -2.39. The van der Waals surface area contributed by atoms with Gasteiger partial charge >= 0.3 is 11.9 Å². The summed E-state index contributed by atoms with van der Waals surface area (Å²) < 4.78 is 10.4. The molecular weight excluding hydrogens is 372 g/mol. The highest BCUT2D eigenvalue weighted by Crippen LogP contribution is 2.36. The Hall–Kier alpha value is -1.95. The molecule has 1 aromatic carbocycles. The summed E-state index contributed by atoms with van der Waals surface area (Å²) >= 11 is 0. The number of esters is 2. The van der Waals surface area contributed by atoms with Crippen LogP contribution < -0.4 is 5.19 Å². The Kier molecular flexibility index (Phi) is 9.59. The molecule has 0 saturated heterocycles. The Morgan fingerprint density at radius 3 is 1.82 bits per heavy atom. The van der Waals surface area contributed by atoms with E-state index in [-0.39, 0.29) is 31.3 Å². The molecule has 0 heterocycles. The van der Waals surface area contributed by atoms with E-state index in [9.17, 15) is 14.4 Å². The van der Waals surface area contributed by atoms with Crippen LogP contribution in [0.1, 0.15) is 40.5 Å². The molecule has 0 N–H and O–H groups in total. The predicted octanol–water partition coefficient (Wildman–Crippen LogP) is 3.72. The van der Waals surface area contributed by atoms with E-state index in [1.165, 1.54) is 0 Å². The van der Waals surface area contributed by atoms with Crippen molar-refractivity contribution in [2.75, 3.05) is 13.2 Å². The third-order valence-corrected chi connectivity index (χ3v) is 9.22. The molecule has 0 amide bonds. The van der Waals surface area contributed by atoms with E-state index < -0.39 is 31.5 Å². The van der Waals surface area contributed by atoms with E-state index in [0.29, 0.717) is 6.42 Å². The number of carbonyl (C=O) groups is 3. The topological polar surface area (TPSA) is 69.7 Å². The number of benzene rings is 1. The highest BCUT2D eigenvalue weighted by Gasteiger charge is 2.47. The van der Waals surface area contributed by atoms with Gasteiger partial charge in [-0.15, -0.1) is 0 Å². The number of hydrogen-bond donors (Lipinski definition) is 0. The summed E-state index contributed by atoms with van der Waals surface area (Å²) in [5, 5.41) is 1.09. The van der Waals surface area contributed by atoms with Gasteiger partial charge in [0.25, 0.3) is 0 Å². The van der Waals surface area contributed by atoms with Crippen LogP contribution in [-0.2, 0) is 23.9 Å². The summed E-state index contributed by atoms with van der Waals surface area (Å²) in [7, 11) is -2.39. The van der Waals surface area contributed by atoms with Crippen LogP contribution in [0.25, 0.3) is 0 Å². The normalized spacial score (nSPS) is 12.7. The van der Waals surface area contributed by atoms with Gasteiger partial charge in [-0.1, -0.05) is 62.5 Å². The average Bonchev–Trinajstić information content (AvgIpc) is 2.61. The summed E-state index contributed by atoms with van der Waals surface area (Å²) in [5.74, 6) is -1.99. The molecule has 0 radical (unpaired) electrons. The molecule has 28 heavy (non-hydrogen) atoms. The maximum atomic E-state index is 12.8. The second kappa shape index (κ2) is 11.1. The van der Waals surface area contributed by atoms with Gasteiger partial charge in [0.15, 0.2) is 5.92 Å². The van der Waals surface area contributed by atoms with Gasteiger partial charge in [-0.05, 0) is 25.3 Å². The van der Waals surface area contributed by atoms with Crippen molar-refractivity contribution in [2.45, 2.75) is 59.2 Å². The van der Waals surface area contributed by atoms with Crippen LogP contribution in [0.4, 0.5) is 0 Å². The van der Waals surface area contributed by atoms with Crippen LogP contribution in [-0.4, -0.2) is 39.0 Å². The molecular formula is C22H34O5Si. The van der Waals surface area contributed by atoms with Crippen LogP contribution >= 0.6 is 0 Å². The molecule has 0 aromatic heterocycles. The van der Waals surface area contributed by atoms with Crippen molar-refractivity contribution in [1.29, 1.82) is 0 Å². The van der Waals surface area contributed by atoms with Gasteiger partial charge in [-0.25, -0.2) is 0 Å². The van der Waals surface area contributed by atoms with Crippen LogP contribution in [0, 0.1) is 11.8 Å². The van der Waals surface area contributed by atoms with Crippen molar-refractivity contribution in [2.24, 2.45) is 11.8 Å². The fourth-order valence-electron chi connectivity index (χ4n) is 3.54. The smallest absolute Gasteiger partial charge is 0.320 e. The number of ketones is 1. The van der Waals surface area contributed by atoms with Gasteiger partial charge in [0.2, 0.25) is 0 Å². The van der Waals surface area contributed by atoms with Crippen molar-refractivity contribution < 1.29 is 23.9 Å². The second-order valence-electron chi connectivity index (χ2n) is 8.02. The number of hydrogen-bond acceptors (Lipinski definition) is 5. The molecule has 0 aliphatic rings. The minimum Gasteiger partial charge on any atom is -0.465 e. The first-order chi connectivity index (χ1) is 13.1. The molecule has 6 heteroatoms. The largest absolute Gasteiger partial charge is 0.465 e. The molecule has 156 valence electrons. The predicted molar refractivity (Wildman–Crippen MR) is 113 cm³/mol. The van der Waals surface area contributed by atoms with Crippen molar-refractivity contribution >= 4 is 31.0 Å². The first kappa shape index (κ1) is 24.1. The molecule has 0 aliphatic carbocycles. The van der Waals surface area contributed by atoms with Crippen molar-refractivity contribution in [3.8, 4) is 0 Å². The fourth-order valence-corrected chi connectivity index (χ4v) is 6.87. The van der Waals surface area contributed by atoms with E-state index in [1.807, 2.05) is 44.2 Å². The van der Waals surface area contributed by atoms with E-state index in [1.54, 1.807) is 13.8 Å². The summed E-state index contributed by atoms with van der Waals surface area (Å²) in [6.45, 7) is 11.9. The number of rotatable bonds is 11. The van der Waals surface area contributed by atoms with Crippen molar-refractivity contribution in [3.05, 3.63) is 30.3 Å². The zero-order valence-electron chi connectivity index (χ0n) is 18.0. The Bertz CT molecular complexity index is 636. The maximum Gasteiger partial charge on any atom is 0.320 e. The molecule has 1 rings (SSSR count). The Labute approximate surface area is 169 Å². The number of Topliss-reactive ketones (excluding diaryl/α,β-unsaturated/α-hetero) is 1. The molecule has 0 unspecified atom stereocenters. The molecule has 0 bridgehead atoms. The van der Waals surface area contributed by atoms with E-state index in [4.69, 9.17) is 9.47 Å². The zero-order valence-corrected chi connectivity index (χ0v) is 19.0. The Balaban J connectivity index is 3.41. The molecule has 5 nitrogen and oxygen atoms in total. The quantitative estimate of drug-likeness (QED) is 0.318. The first-order valence-electron chi connectivity index (χ1n) is 10.1. The third kappa shape index (κ3) is 6.58. The lowest BCUT2D eigenvalue weighted by atomic mass is 9.97. The molecule has 0 saturated carbocycles. The second-order valence-corrected chi connectivity index (χ2v) is 12.8. The van der Waals surface area contributed by atoms with Gasteiger partial charge in [0.1, 0.15) is 5.78 Å². The lowest BCUT2D eigenvalue weighted by molar-refractivity contribution is -0.161. The van der Waals surface area contributed by atoms with Gasteiger partial charge in [0.05, 0.1) is 21.3 Å². The lowest BCUT2D eigenvalue weighted by Crippen LogP contribution is -2.52. The summed E-state index contributed by atoms with van der Waals surface area (Å²) in [6, 6.07) is 9.85. The summed E-state index contributed by atoms with van der Waals surface area (Å²) in [5.41, 5.74) is -0.431. The van der Waals surface area contributed by atoms with Crippen LogP contribution in [0.3, 0.4) is 0 Å². The highest BCUT2D eigenvalue weighted by molar-refractivity contribution is 6.91. The van der Waals surface area contributed by atoms with Crippen LogP contribution in [0.2, 0.25) is 18.6 Å². The highest BCUT2D eigenvalue weighted by atomic mass is 28.3. The van der Waals surface area contributed by atoms with Gasteiger partial charge in [0, 0.05) is 12.8 Å². The Morgan fingerprint density at radius 2 is 1.39 bits per heavy atom. The van der Waals surface area contributed by atoms with Crippen molar-refractivity contribution in [1.82, 2.24) is 0 Å². The van der Waals surface area contributed by atoms with Gasteiger partial charge in [-0.3, -0.25) is 14.4 Å². The van der Waals surface area contributed by atoms with Crippen LogP contribution in [0.15, 0.2) is 30.3 Å². The van der Waals surface area contributed by atoms with Gasteiger partial charge < -0.3 is 9.47 Å².